The van der Waals surface area contributed by atoms with Crippen molar-refractivity contribution in [3.63, 3.8) is 0 Å². The summed E-state index contributed by atoms with van der Waals surface area (Å²) in [6, 6.07) is 7.77. The van der Waals surface area contributed by atoms with Crippen LogP contribution in [0.15, 0.2) is 30.5 Å². The quantitative estimate of drug-likeness (QED) is 0.280. The van der Waals surface area contributed by atoms with E-state index in [0.717, 1.165) is 33.7 Å². The number of nitrogens with zero attached hydrogens (tertiary/aromatic N) is 2. The zero-order valence-electron chi connectivity index (χ0n) is 16.9. The summed E-state index contributed by atoms with van der Waals surface area (Å²) in [6.07, 6.45) is 2.15. The largest absolute Gasteiger partial charge is 0.490 e. The molecule has 8 nitrogen and oxygen atoms in total. The van der Waals surface area contributed by atoms with E-state index in [0.29, 0.717) is 38.7 Å². The molecule has 2 aromatic heterocycles. The number of aromatic nitrogens is 3. The lowest BCUT2D eigenvalue weighted by molar-refractivity contribution is 0.153. The van der Waals surface area contributed by atoms with Crippen LogP contribution in [0.4, 0.5) is 4.79 Å². The average Bonchev–Trinajstić information content (AvgIpc) is 3.28. The Kier molecular flexibility index (Phi) is 8.55. The first-order valence-corrected chi connectivity index (χ1v) is 13.1. The highest BCUT2D eigenvalue weighted by atomic mass is 127. The van der Waals surface area contributed by atoms with Crippen molar-refractivity contribution in [1.29, 1.82) is 0 Å². The standard InChI is InChI=1S/C20H25IN4O4S/c1-14-16(5-7-22-20(26)29-11-12-30-21)17-13-15(3-4-18(17)23-14)27-9-10-28-19-6-8-25(2)24-19/h3-4,6,8,13,23H,5,7,9-12H2,1-2H3,(H,22,26). The van der Waals surface area contributed by atoms with Gasteiger partial charge in [0.25, 0.3) is 0 Å². The number of nitrogens with one attached hydrogen (secondary N) is 2. The van der Waals surface area contributed by atoms with Gasteiger partial charge in [0.2, 0.25) is 5.88 Å². The fourth-order valence-electron chi connectivity index (χ4n) is 3.06. The number of carbonyl (C=O) groups is 1. The molecule has 2 heterocycles. The number of hydrogen-bond donors (Lipinski definition) is 2. The number of alkyl carbamates (subject to hydrolysis) is 1. The monoisotopic (exact) mass is 544 g/mol. The van der Waals surface area contributed by atoms with Crippen LogP contribution in [0.1, 0.15) is 11.3 Å². The maximum atomic E-state index is 11.7. The number of benzene rings is 1. The summed E-state index contributed by atoms with van der Waals surface area (Å²) >= 11 is 2.18. The van der Waals surface area contributed by atoms with Gasteiger partial charge >= 0.3 is 6.09 Å². The lowest BCUT2D eigenvalue weighted by Gasteiger charge is -2.08. The third-order valence-electron chi connectivity index (χ3n) is 4.42. The summed E-state index contributed by atoms with van der Waals surface area (Å²) in [5.41, 5.74) is 3.28. The van der Waals surface area contributed by atoms with Gasteiger partial charge in [0.15, 0.2) is 0 Å². The molecule has 0 fully saturated rings. The second-order valence-corrected chi connectivity index (χ2v) is 9.08. The summed E-state index contributed by atoms with van der Waals surface area (Å²) < 4.78 is 18.2. The Hall–Kier alpha value is -2.08. The van der Waals surface area contributed by atoms with E-state index >= 15 is 0 Å². The zero-order valence-corrected chi connectivity index (χ0v) is 19.9. The lowest BCUT2D eigenvalue weighted by atomic mass is 10.1. The van der Waals surface area contributed by atoms with E-state index < -0.39 is 0 Å². The van der Waals surface area contributed by atoms with Crippen LogP contribution in [-0.2, 0) is 18.2 Å². The van der Waals surface area contributed by atoms with Gasteiger partial charge in [-0.2, -0.15) is 0 Å². The summed E-state index contributed by atoms with van der Waals surface area (Å²) in [5.74, 6) is 2.14. The Morgan fingerprint density at radius 1 is 1.27 bits per heavy atom. The molecule has 1 amide bonds. The molecule has 0 aliphatic rings. The van der Waals surface area contributed by atoms with E-state index in [4.69, 9.17) is 14.2 Å². The molecule has 0 saturated heterocycles. The van der Waals surface area contributed by atoms with Crippen LogP contribution < -0.4 is 14.8 Å². The number of ether oxygens (including phenoxy) is 3. The maximum absolute atomic E-state index is 11.7. The molecule has 0 aliphatic heterocycles. The van der Waals surface area contributed by atoms with E-state index in [9.17, 15) is 4.79 Å². The molecule has 10 heteroatoms. The molecule has 3 aromatic rings. The SMILES string of the molecule is Cc1[nH]c2ccc(OCCOc3ccn(C)n3)cc2c1CCNC(=O)OCCSI. The molecule has 2 N–H and O–H groups in total. The minimum Gasteiger partial charge on any atom is -0.490 e. The first kappa shape index (κ1) is 22.6. The second kappa shape index (κ2) is 11.3. The zero-order chi connectivity index (χ0) is 21.3. The molecule has 30 heavy (non-hydrogen) atoms. The van der Waals surface area contributed by atoms with Gasteiger partial charge in [-0.1, -0.05) is 8.93 Å². The van der Waals surface area contributed by atoms with Crippen molar-refractivity contribution < 1.29 is 19.0 Å². The first-order valence-electron chi connectivity index (χ1n) is 9.57. The number of fused-ring (bicyclic) bond motifs is 1. The second-order valence-electron chi connectivity index (χ2n) is 6.59. The summed E-state index contributed by atoms with van der Waals surface area (Å²) in [5, 5.41) is 8.06. The molecule has 162 valence electrons. The van der Waals surface area contributed by atoms with Gasteiger partial charge in [0.05, 0.1) is 0 Å². The van der Waals surface area contributed by atoms with Crippen LogP contribution >= 0.6 is 30.1 Å². The smallest absolute Gasteiger partial charge is 0.407 e. The molecule has 1 aromatic carbocycles. The van der Waals surface area contributed by atoms with Crippen molar-refractivity contribution >= 4 is 47.1 Å². The lowest BCUT2D eigenvalue weighted by Crippen LogP contribution is -2.27. The van der Waals surface area contributed by atoms with E-state index in [1.54, 1.807) is 13.6 Å². The van der Waals surface area contributed by atoms with E-state index in [2.05, 4.69) is 36.6 Å². The molecular weight excluding hydrogens is 519 g/mol. The highest BCUT2D eigenvalue weighted by molar-refractivity contribution is 14.2. The first-order chi connectivity index (χ1) is 14.6. The number of aromatic amines is 1. The fraction of sp³-hybridized carbons (Fsp3) is 0.400. The molecule has 0 atom stereocenters. The van der Waals surface area contributed by atoms with Crippen LogP contribution in [0.2, 0.25) is 0 Å². The van der Waals surface area contributed by atoms with Gasteiger partial charge in [-0.3, -0.25) is 4.68 Å². The summed E-state index contributed by atoms with van der Waals surface area (Å²) in [6.45, 7) is 3.79. The average molecular weight is 544 g/mol. The van der Waals surface area contributed by atoms with Crippen molar-refractivity contribution in [2.75, 3.05) is 32.1 Å². The van der Waals surface area contributed by atoms with E-state index in [1.807, 2.05) is 44.4 Å². The number of halogens is 1. The Labute approximate surface area is 191 Å². The van der Waals surface area contributed by atoms with Crippen LogP contribution in [0, 0.1) is 6.92 Å². The minimum atomic E-state index is -0.380. The van der Waals surface area contributed by atoms with Crippen molar-refractivity contribution in [3.8, 4) is 11.6 Å². The van der Waals surface area contributed by atoms with Gasteiger partial charge < -0.3 is 24.5 Å². The molecule has 0 spiro atoms. The normalized spacial score (nSPS) is 10.9. The third kappa shape index (κ3) is 6.46. The van der Waals surface area contributed by atoms with Crippen LogP contribution in [0.25, 0.3) is 10.9 Å². The van der Waals surface area contributed by atoms with Gasteiger partial charge in [-0.25, -0.2) is 4.79 Å². The molecule has 0 aliphatic carbocycles. The molecule has 0 bridgehead atoms. The molecule has 0 saturated carbocycles. The number of hydrogen-bond acceptors (Lipinski definition) is 6. The van der Waals surface area contributed by atoms with Gasteiger partial charge in [-0.05, 0) is 58.3 Å². The molecular formula is C20H25IN4O4S. The Morgan fingerprint density at radius 3 is 2.87 bits per heavy atom. The number of carbonyl (C=O) groups excluding carboxylic acids is 1. The molecule has 3 rings (SSSR count). The summed E-state index contributed by atoms with van der Waals surface area (Å²) in [7, 11) is 3.46. The topological polar surface area (TPSA) is 90.4 Å². The minimum absolute atomic E-state index is 0.380. The number of rotatable bonds is 11. The number of aryl methyl sites for hydroxylation is 2. The van der Waals surface area contributed by atoms with Crippen molar-refractivity contribution in [1.82, 2.24) is 20.1 Å². The Balaban J connectivity index is 1.52. The van der Waals surface area contributed by atoms with Gasteiger partial charge in [0, 0.05) is 48.2 Å². The Bertz CT molecular complexity index is 975. The maximum Gasteiger partial charge on any atom is 0.407 e. The number of amides is 1. The van der Waals surface area contributed by atoms with Crippen LogP contribution in [-0.4, -0.2) is 53.0 Å². The highest BCUT2D eigenvalue weighted by Crippen LogP contribution is 2.26. The van der Waals surface area contributed by atoms with E-state index in [1.165, 1.54) is 0 Å². The van der Waals surface area contributed by atoms with E-state index in [-0.39, 0.29) is 6.09 Å². The van der Waals surface area contributed by atoms with Crippen LogP contribution in [0.3, 0.4) is 0 Å². The van der Waals surface area contributed by atoms with Crippen molar-refractivity contribution in [2.24, 2.45) is 7.05 Å². The Morgan fingerprint density at radius 2 is 2.10 bits per heavy atom. The predicted octanol–water partition coefficient (Wildman–Crippen LogP) is 4.02. The number of H-pyrrole nitrogens is 1. The van der Waals surface area contributed by atoms with Crippen LogP contribution in [0.5, 0.6) is 11.6 Å². The molecule has 0 unspecified atom stereocenters. The van der Waals surface area contributed by atoms with Gasteiger partial charge in [0.1, 0.15) is 25.6 Å². The fourth-order valence-corrected chi connectivity index (χ4v) is 3.74. The third-order valence-corrected chi connectivity index (χ3v) is 6.06. The predicted molar refractivity (Wildman–Crippen MR) is 127 cm³/mol. The summed E-state index contributed by atoms with van der Waals surface area (Å²) in [4.78, 5) is 15.1. The highest BCUT2D eigenvalue weighted by Gasteiger charge is 2.11. The molecule has 0 radical (unpaired) electrons. The van der Waals surface area contributed by atoms with Crippen molar-refractivity contribution in [3.05, 3.63) is 41.7 Å². The van der Waals surface area contributed by atoms with Gasteiger partial charge in [-0.15, -0.1) is 5.10 Å². The van der Waals surface area contributed by atoms with Crippen molar-refractivity contribution in [2.45, 2.75) is 13.3 Å².